The minimum absolute atomic E-state index is 0.0479. The predicted octanol–water partition coefficient (Wildman–Crippen LogP) is -0.332. The van der Waals surface area contributed by atoms with Gasteiger partial charge in [-0.3, -0.25) is 4.79 Å². The molecular formula is C14H19N3O2. The molecule has 5 nitrogen and oxygen atoms in total. The quantitative estimate of drug-likeness (QED) is 0.697. The van der Waals surface area contributed by atoms with E-state index in [-0.39, 0.29) is 18.1 Å². The molecule has 0 saturated carbocycles. The topological polar surface area (TPSA) is 62.4 Å². The van der Waals surface area contributed by atoms with Gasteiger partial charge in [-0.15, -0.1) is 0 Å². The number of para-hydroxylation sites is 1. The molecule has 2 aliphatic rings. The van der Waals surface area contributed by atoms with Crippen LogP contribution in [-0.2, 0) is 11.2 Å². The van der Waals surface area contributed by atoms with Crippen LogP contribution in [0.15, 0.2) is 24.3 Å². The van der Waals surface area contributed by atoms with Crippen molar-refractivity contribution in [1.29, 1.82) is 0 Å². The normalized spacial score (nSPS) is 25.5. The van der Waals surface area contributed by atoms with Gasteiger partial charge in [0.2, 0.25) is 5.91 Å². The minimum atomic E-state index is -0.127. The van der Waals surface area contributed by atoms with E-state index in [9.17, 15) is 4.79 Å². The SMILES string of the molecule is O=C(NCC1Cc2ccccc2O1)C1CNCCN1. The smallest absolute Gasteiger partial charge is 0.238 e. The Morgan fingerprint density at radius 1 is 1.37 bits per heavy atom. The lowest BCUT2D eigenvalue weighted by molar-refractivity contribution is -0.123. The zero-order chi connectivity index (χ0) is 13.1. The Bertz CT molecular complexity index is 433. The molecule has 0 radical (unpaired) electrons. The molecule has 2 aliphatic heterocycles. The van der Waals surface area contributed by atoms with Crippen molar-refractivity contribution in [2.24, 2.45) is 0 Å². The standard InChI is InChI=1S/C14H19N3O2/c18-14(12-9-15-5-6-16-12)17-8-11-7-10-3-1-2-4-13(10)19-11/h1-4,11-12,15-16H,5-9H2,(H,17,18). The highest BCUT2D eigenvalue weighted by Gasteiger charge is 2.25. The van der Waals surface area contributed by atoms with E-state index in [1.54, 1.807) is 0 Å². The largest absolute Gasteiger partial charge is 0.488 e. The zero-order valence-electron chi connectivity index (χ0n) is 10.8. The first-order chi connectivity index (χ1) is 9.33. The number of piperazine rings is 1. The lowest BCUT2D eigenvalue weighted by Gasteiger charge is -2.24. The van der Waals surface area contributed by atoms with Crippen molar-refractivity contribution in [2.75, 3.05) is 26.2 Å². The molecule has 2 unspecified atom stereocenters. The van der Waals surface area contributed by atoms with Crippen molar-refractivity contribution < 1.29 is 9.53 Å². The number of hydrogen-bond acceptors (Lipinski definition) is 4. The summed E-state index contributed by atoms with van der Waals surface area (Å²) in [6, 6.07) is 7.91. The average Bonchev–Trinajstić information content (AvgIpc) is 2.88. The summed E-state index contributed by atoms with van der Waals surface area (Å²) < 4.78 is 5.79. The summed E-state index contributed by atoms with van der Waals surface area (Å²) in [6.07, 6.45) is 0.921. The van der Waals surface area contributed by atoms with Crippen LogP contribution in [0.5, 0.6) is 5.75 Å². The molecule has 2 atom stereocenters. The first kappa shape index (κ1) is 12.4. The van der Waals surface area contributed by atoms with Crippen LogP contribution in [0.4, 0.5) is 0 Å². The van der Waals surface area contributed by atoms with Gasteiger partial charge < -0.3 is 20.7 Å². The van der Waals surface area contributed by atoms with E-state index >= 15 is 0 Å². The van der Waals surface area contributed by atoms with E-state index < -0.39 is 0 Å². The number of nitrogens with one attached hydrogen (secondary N) is 3. The fraction of sp³-hybridized carbons (Fsp3) is 0.500. The highest BCUT2D eigenvalue weighted by molar-refractivity contribution is 5.82. The number of carbonyl (C=O) groups excluding carboxylic acids is 1. The van der Waals surface area contributed by atoms with Crippen molar-refractivity contribution >= 4 is 5.91 Å². The fourth-order valence-electron chi connectivity index (χ4n) is 2.54. The van der Waals surface area contributed by atoms with Crippen LogP contribution in [0.1, 0.15) is 5.56 Å². The summed E-state index contributed by atoms with van der Waals surface area (Å²) in [6.45, 7) is 3.01. The monoisotopic (exact) mass is 261 g/mol. The third-order valence-corrected chi connectivity index (χ3v) is 3.58. The second-order valence-corrected chi connectivity index (χ2v) is 5.01. The van der Waals surface area contributed by atoms with E-state index in [4.69, 9.17) is 4.74 Å². The molecule has 0 spiro atoms. The molecule has 0 aliphatic carbocycles. The average molecular weight is 261 g/mol. The number of carbonyl (C=O) groups is 1. The maximum absolute atomic E-state index is 12.0. The summed E-state index contributed by atoms with van der Waals surface area (Å²) >= 11 is 0. The molecule has 1 amide bonds. The maximum Gasteiger partial charge on any atom is 0.238 e. The van der Waals surface area contributed by atoms with Crippen LogP contribution in [0.2, 0.25) is 0 Å². The number of fused-ring (bicyclic) bond motifs is 1. The Kier molecular flexibility index (Phi) is 3.66. The molecule has 102 valence electrons. The van der Waals surface area contributed by atoms with Crippen molar-refractivity contribution in [3.8, 4) is 5.75 Å². The van der Waals surface area contributed by atoms with Crippen LogP contribution in [0, 0.1) is 0 Å². The molecule has 3 rings (SSSR count). The molecule has 3 N–H and O–H groups in total. The highest BCUT2D eigenvalue weighted by Crippen LogP contribution is 2.27. The minimum Gasteiger partial charge on any atom is -0.488 e. The van der Waals surface area contributed by atoms with Gasteiger partial charge in [0.1, 0.15) is 11.9 Å². The number of amides is 1. The molecule has 1 aromatic carbocycles. The van der Waals surface area contributed by atoms with E-state index in [2.05, 4.69) is 22.0 Å². The third-order valence-electron chi connectivity index (χ3n) is 3.58. The molecular weight excluding hydrogens is 242 g/mol. The lowest BCUT2D eigenvalue weighted by Crippen LogP contribution is -2.56. The first-order valence-electron chi connectivity index (χ1n) is 6.79. The highest BCUT2D eigenvalue weighted by atomic mass is 16.5. The number of hydrogen-bond donors (Lipinski definition) is 3. The maximum atomic E-state index is 12.0. The molecule has 5 heteroatoms. The Morgan fingerprint density at radius 3 is 3.05 bits per heavy atom. The van der Waals surface area contributed by atoms with E-state index in [0.29, 0.717) is 13.1 Å². The van der Waals surface area contributed by atoms with E-state index in [1.807, 2.05) is 18.2 Å². The van der Waals surface area contributed by atoms with Crippen LogP contribution in [0.3, 0.4) is 0 Å². The second-order valence-electron chi connectivity index (χ2n) is 5.01. The Hall–Kier alpha value is -1.59. The fourth-order valence-corrected chi connectivity index (χ4v) is 2.54. The lowest BCUT2D eigenvalue weighted by atomic mass is 10.1. The molecule has 1 saturated heterocycles. The Labute approximate surface area is 112 Å². The van der Waals surface area contributed by atoms with Gasteiger partial charge in [-0.25, -0.2) is 0 Å². The number of rotatable bonds is 3. The molecule has 1 fully saturated rings. The summed E-state index contributed by atoms with van der Waals surface area (Å²) in [7, 11) is 0. The van der Waals surface area contributed by atoms with Crippen LogP contribution in [0.25, 0.3) is 0 Å². The third kappa shape index (κ3) is 2.88. The Morgan fingerprint density at radius 2 is 2.26 bits per heavy atom. The molecule has 0 bridgehead atoms. The van der Waals surface area contributed by atoms with Gasteiger partial charge in [0.25, 0.3) is 0 Å². The van der Waals surface area contributed by atoms with Crippen LogP contribution < -0.4 is 20.7 Å². The molecule has 19 heavy (non-hydrogen) atoms. The van der Waals surface area contributed by atoms with Crippen LogP contribution >= 0.6 is 0 Å². The zero-order valence-corrected chi connectivity index (χ0v) is 10.8. The summed E-state index contributed by atoms with van der Waals surface area (Å²) in [5.74, 6) is 0.992. The molecule has 1 aromatic rings. The summed E-state index contributed by atoms with van der Waals surface area (Å²) in [5.41, 5.74) is 1.22. The number of ether oxygens (including phenoxy) is 1. The molecule has 0 aromatic heterocycles. The van der Waals surface area contributed by atoms with Gasteiger partial charge in [-0.2, -0.15) is 0 Å². The first-order valence-corrected chi connectivity index (χ1v) is 6.79. The van der Waals surface area contributed by atoms with Gasteiger partial charge in [0.05, 0.1) is 12.6 Å². The van der Waals surface area contributed by atoms with Gasteiger partial charge in [0.15, 0.2) is 0 Å². The van der Waals surface area contributed by atoms with Crippen molar-refractivity contribution in [3.63, 3.8) is 0 Å². The van der Waals surface area contributed by atoms with Gasteiger partial charge in [-0.05, 0) is 11.6 Å². The summed E-state index contributed by atoms with van der Waals surface area (Å²) in [4.78, 5) is 12.0. The predicted molar refractivity (Wildman–Crippen MR) is 72.2 cm³/mol. The van der Waals surface area contributed by atoms with E-state index in [0.717, 1.165) is 25.3 Å². The van der Waals surface area contributed by atoms with Crippen molar-refractivity contribution in [2.45, 2.75) is 18.6 Å². The summed E-state index contributed by atoms with van der Waals surface area (Å²) in [5, 5.41) is 9.36. The van der Waals surface area contributed by atoms with E-state index in [1.165, 1.54) is 5.56 Å². The number of benzene rings is 1. The van der Waals surface area contributed by atoms with Crippen LogP contribution in [-0.4, -0.2) is 44.2 Å². The van der Waals surface area contributed by atoms with Gasteiger partial charge in [0, 0.05) is 26.1 Å². The van der Waals surface area contributed by atoms with Gasteiger partial charge in [-0.1, -0.05) is 18.2 Å². The van der Waals surface area contributed by atoms with Crippen molar-refractivity contribution in [3.05, 3.63) is 29.8 Å². The molecule has 2 heterocycles. The van der Waals surface area contributed by atoms with Crippen molar-refractivity contribution in [1.82, 2.24) is 16.0 Å². The second kappa shape index (κ2) is 5.59. The van der Waals surface area contributed by atoms with Gasteiger partial charge >= 0.3 is 0 Å². The Balaban J connectivity index is 1.47.